The Hall–Kier alpha value is -4.57. The van der Waals surface area contributed by atoms with E-state index < -0.39 is 11.9 Å². The Morgan fingerprint density at radius 3 is 2.59 bits per heavy atom. The number of amides is 1. The van der Waals surface area contributed by atoms with Crippen LogP contribution in [-0.4, -0.2) is 23.6 Å². The summed E-state index contributed by atoms with van der Waals surface area (Å²) in [7, 11) is 1.29. The highest BCUT2D eigenvalue weighted by molar-refractivity contribution is 6.10. The predicted octanol–water partition coefficient (Wildman–Crippen LogP) is 4.61. The van der Waals surface area contributed by atoms with Gasteiger partial charge in [0.25, 0.3) is 5.91 Å². The normalized spacial score (nSPS) is 11.2. The van der Waals surface area contributed by atoms with Crippen LogP contribution in [0.2, 0.25) is 0 Å². The van der Waals surface area contributed by atoms with Crippen molar-refractivity contribution in [3.8, 4) is 6.07 Å². The van der Waals surface area contributed by atoms with E-state index >= 15 is 0 Å². The Morgan fingerprint density at radius 2 is 1.84 bits per heavy atom. The first-order valence-corrected chi connectivity index (χ1v) is 9.82. The molecule has 0 bridgehead atoms. The minimum atomic E-state index is -0.541. The zero-order valence-electron chi connectivity index (χ0n) is 17.2. The summed E-state index contributed by atoms with van der Waals surface area (Å²) in [6.45, 7) is 0.365. The fourth-order valence-electron chi connectivity index (χ4n) is 3.39. The number of benzene rings is 2. The molecule has 0 aliphatic rings. The molecule has 0 spiro atoms. The predicted molar refractivity (Wildman–Crippen MR) is 120 cm³/mol. The van der Waals surface area contributed by atoms with Gasteiger partial charge in [-0.2, -0.15) is 5.26 Å². The van der Waals surface area contributed by atoms with Gasteiger partial charge in [-0.05, 0) is 36.4 Å². The second kappa shape index (κ2) is 9.06. The highest BCUT2D eigenvalue weighted by Gasteiger charge is 2.15. The number of ether oxygens (including phenoxy) is 1. The monoisotopic (exact) mass is 425 g/mol. The standard InChI is InChI=1S/C25H19N3O4/c1-31-25(30)23-12-11-20(32-23)16-28-15-18(21-9-5-6-10-22(21)28)13-17(14-26)24(29)27-19-7-3-2-4-8-19/h2-13,15H,16H2,1H3,(H,27,29)/b17-13-. The number of para-hydroxylation sites is 2. The van der Waals surface area contributed by atoms with Crippen LogP contribution in [0.4, 0.5) is 5.69 Å². The fourth-order valence-corrected chi connectivity index (χ4v) is 3.39. The van der Waals surface area contributed by atoms with E-state index in [4.69, 9.17) is 4.42 Å². The van der Waals surface area contributed by atoms with Crippen molar-refractivity contribution in [2.45, 2.75) is 6.54 Å². The van der Waals surface area contributed by atoms with E-state index in [1.54, 1.807) is 42.5 Å². The first-order valence-electron chi connectivity index (χ1n) is 9.82. The lowest BCUT2D eigenvalue weighted by Crippen LogP contribution is -2.13. The van der Waals surface area contributed by atoms with Crippen molar-refractivity contribution in [1.29, 1.82) is 5.26 Å². The second-order valence-corrected chi connectivity index (χ2v) is 6.98. The van der Waals surface area contributed by atoms with Gasteiger partial charge in [-0.3, -0.25) is 4.79 Å². The van der Waals surface area contributed by atoms with Crippen molar-refractivity contribution in [2.24, 2.45) is 0 Å². The number of nitrogens with zero attached hydrogens (tertiary/aromatic N) is 2. The van der Waals surface area contributed by atoms with Gasteiger partial charge in [0.2, 0.25) is 5.76 Å². The zero-order valence-corrected chi connectivity index (χ0v) is 17.2. The Kier molecular flexibility index (Phi) is 5.86. The van der Waals surface area contributed by atoms with Crippen LogP contribution >= 0.6 is 0 Å². The number of hydrogen-bond donors (Lipinski definition) is 1. The molecule has 0 aliphatic carbocycles. The number of rotatable bonds is 6. The third-order valence-electron chi connectivity index (χ3n) is 4.89. The summed E-state index contributed by atoms with van der Waals surface area (Å²) in [6.07, 6.45) is 3.41. The Labute approximate surface area is 184 Å². The van der Waals surface area contributed by atoms with Crippen LogP contribution in [-0.2, 0) is 16.1 Å². The van der Waals surface area contributed by atoms with Crippen molar-refractivity contribution >= 4 is 34.5 Å². The molecule has 0 aliphatic heterocycles. The SMILES string of the molecule is COC(=O)c1ccc(Cn2cc(/C=C(/C#N)C(=O)Nc3ccccc3)c3ccccc32)o1. The highest BCUT2D eigenvalue weighted by Crippen LogP contribution is 2.25. The van der Waals surface area contributed by atoms with E-state index in [2.05, 4.69) is 10.1 Å². The van der Waals surface area contributed by atoms with Gasteiger partial charge in [0.1, 0.15) is 17.4 Å². The lowest BCUT2D eigenvalue weighted by Gasteiger charge is -2.03. The van der Waals surface area contributed by atoms with E-state index in [0.717, 1.165) is 16.5 Å². The minimum absolute atomic E-state index is 0.0114. The molecule has 32 heavy (non-hydrogen) atoms. The molecule has 7 nitrogen and oxygen atoms in total. The Bertz CT molecular complexity index is 1360. The molecule has 0 saturated carbocycles. The molecule has 0 radical (unpaired) electrons. The van der Waals surface area contributed by atoms with Crippen molar-refractivity contribution < 1.29 is 18.7 Å². The molecule has 2 aromatic heterocycles. The van der Waals surface area contributed by atoms with Crippen LogP contribution < -0.4 is 5.32 Å². The topological polar surface area (TPSA) is 97.3 Å². The third kappa shape index (κ3) is 4.30. The van der Waals surface area contributed by atoms with Crippen LogP contribution in [0.5, 0.6) is 0 Å². The number of anilines is 1. The van der Waals surface area contributed by atoms with Gasteiger partial charge >= 0.3 is 5.97 Å². The number of methoxy groups -OCH3 is 1. The molecule has 4 aromatic rings. The third-order valence-corrected chi connectivity index (χ3v) is 4.89. The zero-order chi connectivity index (χ0) is 22.5. The van der Waals surface area contributed by atoms with Crippen molar-refractivity contribution in [3.63, 3.8) is 0 Å². The Morgan fingerprint density at radius 1 is 1.09 bits per heavy atom. The minimum Gasteiger partial charge on any atom is -0.463 e. The molecule has 158 valence electrons. The average molecular weight is 425 g/mol. The van der Waals surface area contributed by atoms with E-state index in [9.17, 15) is 14.9 Å². The molecular formula is C25H19N3O4. The van der Waals surface area contributed by atoms with Gasteiger partial charge < -0.3 is 19.0 Å². The molecule has 0 fully saturated rings. The van der Waals surface area contributed by atoms with Crippen LogP contribution in [0.15, 0.2) is 82.9 Å². The molecule has 0 saturated heterocycles. The first-order chi connectivity index (χ1) is 15.6. The highest BCUT2D eigenvalue weighted by atomic mass is 16.5. The van der Waals surface area contributed by atoms with Crippen LogP contribution in [0.25, 0.3) is 17.0 Å². The lowest BCUT2D eigenvalue weighted by molar-refractivity contribution is -0.112. The van der Waals surface area contributed by atoms with E-state index in [1.807, 2.05) is 47.2 Å². The van der Waals surface area contributed by atoms with E-state index in [1.165, 1.54) is 7.11 Å². The number of nitrogens with one attached hydrogen (secondary N) is 1. The molecule has 4 rings (SSSR count). The maximum absolute atomic E-state index is 12.6. The summed E-state index contributed by atoms with van der Waals surface area (Å²) in [4.78, 5) is 24.3. The number of furan rings is 1. The summed E-state index contributed by atoms with van der Waals surface area (Å²) < 4.78 is 12.2. The quantitative estimate of drug-likeness (QED) is 0.276. The number of fused-ring (bicyclic) bond motifs is 1. The smallest absolute Gasteiger partial charge is 0.373 e. The van der Waals surface area contributed by atoms with Gasteiger partial charge in [0, 0.05) is 28.4 Å². The fraction of sp³-hybridized carbons (Fsp3) is 0.0800. The molecule has 7 heteroatoms. The number of nitriles is 1. The van der Waals surface area contributed by atoms with Gasteiger partial charge in [-0.25, -0.2) is 4.79 Å². The summed E-state index contributed by atoms with van der Waals surface area (Å²) >= 11 is 0. The number of carbonyl (C=O) groups excluding carboxylic acids is 2. The Balaban J connectivity index is 1.66. The largest absolute Gasteiger partial charge is 0.463 e. The number of aromatic nitrogens is 1. The molecular weight excluding hydrogens is 406 g/mol. The maximum atomic E-state index is 12.6. The average Bonchev–Trinajstić information content (AvgIpc) is 3.43. The maximum Gasteiger partial charge on any atom is 0.373 e. The lowest BCUT2D eigenvalue weighted by atomic mass is 10.1. The molecule has 2 heterocycles. The van der Waals surface area contributed by atoms with Gasteiger partial charge in [-0.15, -0.1) is 0 Å². The summed E-state index contributed by atoms with van der Waals surface area (Å²) in [6, 6.07) is 21.9. The van der Waals surface area contributed by atoms with Crippen LogP contribution in [0.1, 0.15) is 21.9 Å². The van der Waals surface area contributed by atoms with Crippen molar-refractivity contribution in [2.75, 3.05) is 12.4 Å². The molecule has 1 N–H and O–H groups in total. The molecule has 0 unspecified atom stereocenters. The van der Waals surface area contributed by atoms with Crippen LogP contribution in [0, 0.1) is 11.3 Å². The van der Waals surface area contributed by atoms with Crippen LogP contribution in [0.3, 0.4) is 0 Å². The van der Waals surface area contributed by atoms with Crippen molar-refractivity contribution in [3.05, 3.63) is 95.6 Å². The van der Waals surface area contributed by atoms with E-state index in [0.29, 0.717) is 18.0 Å². The van der Waals surface area contributed by atoms with Crippen molar-refractivity contribution in [1.82, 2.24) is 4.57 Å². The summed E-state index contributed by atoms with van der Waals surface area (Å²) in [5.41, 5.74) is 2.22. The molecule has 2 aromatic carbocycles. The number of hydrogen-bond acceptors (Lipinski definition) is 5. The first kappa shape index (κ1) is 20.7. The van der Waals surface area contributed by atoms with E-state index in [-0.39, 0.29) is 11.3 Å². The van der Waals surface area contributed by atoms with Gasteiger partial charge in [-0.1, -0.05) is 36.4 Å². The van der Waals surface area contributed by atoms with Gasteiger partial charge in [0.15, 0.2) is 0 Å². The van der Waals surface area contributed by atoms with Gasteiger partial charge in [0.05, 0.1) is 13.7 Å². The number of esters is 1. The molecule has 0 atom stereocenters. The summed E-state index contributed by atoms with van der Waals surface area (Å²) in [5.74, 6) is -0.322. The molecule has 1 amide bonds. The number of carbonyl (C=O) groups is 2. The second-order valence-electron chi connectivity index (χ2n) is 6.98. The summed E-state index contributed by atoms with van der Waals surface area (Å²) in [5, 5.41) is 13.2.